The molecule has 1 nitrogen and oxygen atoms in total. The van der Waals surface area contributed by atoms with Crippen molar-refractivity contribution >= 4 is 17.2 Å². The van der Waals surface area contributed by atoms with Crippen LogP contribution >= 0.6 is 11.6 Å². The van der Waals surface area contributed by atoms with E-state index in [1.807, 2.05) is 26.0 Å². The molecule has 0 heterocycles. The van der Waals surface area contributed by atoms with Crippen molar-refractivity contribution in [2.75, 3.05) is 0 Å². The predicted octanol–water partition coefficient (Wildman–Crippen LogP) is 4.65. The Morgan fingerprint density at radius 3 is 2.53 bits per heavy atom. The first-order valence-electron chi connectivity index (χ1n) is 6.27. The highest BCUT2D eigenvalue weighted by Crippen LogP contribution is 2.30. The lowest BCUT2D eigenvalue weighted by atomic mass is 9.93. The van der Waals surface area contributed by atoms with Gasteiger partial charge in [-0.1, -0.05) is 18.2 Å². The lowest BCUT2D eigenvalue weighted by Gasteiger charge is -2.17. The Hall–Kier alpha value is -0.950. The first-order chi connectivity index (χ1) is 8.15. The second kappa shape index (κ2) is 5.59. The number of alkyl halides is 1. The zero-order valence-corrected chi connectivity index (χ0v) is 11.2. The molecule has 92 valence electrons. The van der Waals surface area contributed by atoms with Crippen LogP contribution < -0.4 is 4.74 Å². The molecule has 0 saturated carbocycles. The number of halogens is 1. The summed E-state index contributed by atoms with van der Waals surface area (Å²) >= 11 is 6.16. The average molecular weight is 251 g/mol. The molecule has 1 aliphatic rings. The van der Waals surface area contributed by atoms with Gasteiger partial charge in [-0.2, -0.15) is 0 Å². The van der Waals surface area contributed by atoms with Gasteiger partial charge >= 0.3 is 0 Å². The molecule has 0 fully saturated rings. The fourth-order valence-corrected chi connectivity index (χ4v) is 2.44. The van der Waals surface area contributed by atoms with Crippen LogP contribution in [0.2, 0.25) is 0 Å². The highest BCUT2D eigenvalue weighted by molar-refractivity contribution is 6.22. The van der Waals surface area contributed by atoms with E-state index in [9.17, 15) is 0 Å². The first-order valence-corrected chi connectivity index (χ1v) is 6.70. The fraction of sp³-hybridized carbons (Fsp3) is 0.467. The Bertz CT molecular complexity index is 392. The van der Waals surface area contributed by atoms with Crippen LogP contribution in [0.5, 0.6) is 5.75 Å². The maximum Gasteiger partial charge on any atom is 0.119 e. The van der Waals surface area contributed by atoms with Gasteiger partial charge in [0.05, 0.1) is 11.5 Å². The predicted molar refractivity (Wildman–Crippen MR) is 73.7 cm³/mol. The molecule has 0 aromatic heterocycles. The van der Waals surface area contributed by atoms with Crippen LogP contribution in [0.1, 0.15) is 38.7 Å². The zero-order valence-electron chi connectivity index (χ0n) is 10.4. The highest BCUT2D eigenvalue weighted by atomic mass is 35.5. The maximum absolute atomic E-state index is 6.16. The number of ether oxygens (including phenoxy) is 1. The van der Waals surface area contributed by atoms with E-state index in [1.165, 1.54) is 17.6 Å². The van der Waals surface area contributed by atoms with Crippen LogP contribution in [0.15, 0.2) is 30.3 Å². The van der Waals surface area contributed by atoms with E-state index in [0.29, 0.717) is 0 Å². The molecule has 0 saturated heterocycles. The van der Waals surface area contributed by atoms with Gasteiger partial charge in [0, 0.05) is 0 Å². The summed E-state index contributed by atoms with van der Waals surface area (Å²) in [6.45, 7) is 4.07. The van der Waals surface area contributed by atoms with Crippen molar-refractivity contribution in [3.05, 3.63) is 35.9 Å². The second-order valence-electron chi connectivity index (χ2n) is 4.79. The van der Waals surface area contributed by atoms with Crippen molar-refractivity contribution in [3.8, 4) is 5.75 Å². The molecule has 1 unspecified atom stereocenters. The summed E-state index contributed by atoms with van der Waals surface area (Å²) < 4.78 is 5.63. The Labute approximate surface area is 108 Å². The van der Waals surface area contributed by atoms with Crippen LogP contribution in [0.3, 0.4) is 0 Å². The normalized spacial score (nSPS) is 20.2. The number of allylic oxidation sites excluding steroid dienone is 2. The second-order valence-corrected chi connectivity index (χ2v) is 5.35. The largest absolute Gasteiger partial charge is 0.491 e. The number of rotatable bonds is 3. The minimum atomic E-state index is 0.199. The lowest BCUT2D eigenvalue weighted by molar-refractivity contribution is 0.242. The molecular formula is C15H19ClO. The van der Waals surface area contributed by atoms with E-state index >= 15 is 0 Å². The molecule has 0 N–H and O–H groups in total. The summed E-state index contributed by atoms with van der Waals surface area (Å²) in [5.74, 6) is 0.933. The summed E-state index contributed by atoms with van der Waals surface area (Å²) in [5.41, 5.74) is 2.64. The molecule has 17 heavy (non-hydrogen) atoms. The molecular weight excluding hydrogens is 232 g/mol. The summed E-state index contributed by atoms with van der Waals surface area (Å²) in [4.78, 5) is 0. The summed E-state index contributed by atoms with van der Waals surface area (Å²) in [5, 5.41) is 0.199. The average Bonchev–Trinajstić information content (AvgIpc) is 2.29. The molecule has 0 spiro atoms. The topological polar surface area (TPSA) is 9.23 Å². The van der Waals surface area contributed by atoms with Crippen molar-refractivity contribution in [1.29, 1.82) is 0 Å². The third-order valence-electron chi connectivity index (χ3n) is 2.90. The first kappa shape index (κ1) is 12.5. The van der Waals surface area contributed by atoms with E-state index in [1.54, 1.807) is 0 Å². The van der Waals surface area contributed by atoms with Gasteiger partial charge in [0.2, 0.25) is 0 Å². The monoisotopic (exact) mass is 250 g/mol. The van der Waals surface area contributed by atoms with Gasteiger partial charge in [-0.3, -0.25) is 0 Å². The van der Waals surface area contributed by atoms with Gasteiger partial charge in [0.1, 0.15) is 5.75 Å². The van der Waals surface area contributed by atoms with Crippen molar-refractivity contribution in [2.24, 2.45) is 0 Å². The molecule has 1 aromatic carbocycles. The minimum absolute atomic E-state index is 0.199. The van der Waals surface area contributed by atoms with Gasteiger partial charge < -0.3 is 4.74 Å². The fourth-order valence-electron chi connectivity index (χ4n) is 2.13. The third kappa shape index (κ3) is 3.50. The highest BCUT2D eigenvalue weighted by Gasteiger charge is 2.12. The van der Waals surface area contributed by atoms with Crippen molar-refractivity contribution in [2.45, 2.75) is 44.6 Å². The number of hydrogen-bond donors (Lipinski definition) is 0. The van der Waals surface area contributed by atoms with Crippen LogP contribution in [0.25, 0.3) is 5.57 Å². The van der Waals surface area contributed by atoms with Crippen molar-refractivity contribution in [3.63, 3.8) is 0 Å². The molecule has 2 rings (SSSR count). The Kier molecular flexibility index (Phi) is 4.11. The molecule has 0 amide bonds. The molecule has 2 heteroatoms. The molecule has 1 aliphatic carbocycles. The molecule has 0 aliphatic heterocycles. The number of hydrogen-bond acceptors (Lipinski definition) is 1. The van der Waals surface area contributed by atoms with E-state index in [0.717, 1.165) is 18.6 Å². The summed E-state index contributed by atoms with van der Waals surface area (Å²) in [7, 11) is 0. The van der Waals surface area contributed by atoms with Gasteiger partial charge in [-0.05, 0) is 56.4 Å². The van der Waals surface area contributed by atoms with Crippen LogP contribution in [0.4, 0.5) is 0 Å². The molecule has 0 bridgehead atoms. The van der Waals surface area contributed by atoms with Gasteiger partial charge in [0.25, 0.3) is 0 Å². The molecule has 1 aromatic rings. The quantitative estimate of drug-likeness (QED) is 0.710. The smallest absolute Gasteiger partial charge is 0.119 e. The maximum atomic E-state index is 6.16. The lowest BCUT2D eigenvalue weighted by Crippen LogP contribution is -2.05. The van der Waals surface area contributed by atoms with E-state index in [2.05, 4.69) is 18.2 Å². The van der Waals surface area contributed by atoms with E-state index in [4.69, 9.17) is 16.3 Å². The standard InChI is InChI=1S/C15H19ClO/c1-11(2)17-15-8-6-12(7-9-15)13-4-3-5-14(16)10-13/h6-11,14H,3-5H2,1-2H3. The van der Waals surface area contributed by atoms with E-state index in [-0.39, 0.29) is 11.5 Å². The Balaban J connectivity index is 2.12. The van der Waals surface area contributed by atoms with Gasteiger partial charge in [-0.25, -0.2) is 0 Å². The van der Waals surface area contributed by atoms with Crippen LogP contribution in [-0.2, 0) is 0 Å². The van der Waals surface area contributed by atoms with Crippen LogP contribution in [0, 0.1) is 0 Å². The van der Waals surface area contributed by atoms with E-state index < -0.39 is 0 Å². The Morgan fingerprint density at radius 1 is 1.24 bits per heavy atom. The third-order valence-corrected chi connectivity index (χ3v) is 3.25. The molecule has 1 atom stereocenters. The summed E-state index contributed by atoms with van der Waals surface area (Å²) in [6, 6.07) is 8.32. The van der Waals surface area contributed by atoms with Crippen LogP contribution in [-0.4, -0.2) is 11.5 Å². The van der Waals surface area contributed by atoms with Crippen molar-refractivity contribution in [1.82, 2.24) is 0 Å². The zero-order chi connectivity index (χ0) is 12.3. The Morgan fingerprint density at radius 2 is 1.94 bits per heavy atom. The minimum Gasteiger partial charge on any atom is -0.491 e. The van der Waals surface area contributed by atoms with Gasteiger partial charge in [-0.15, -0.1) is 11.6 Å². The molecule has 0 radical (unpaired) electrons. The number of benzene rings is 1. The van der Waals surface area contributed by atoms with Gasteiger partial charge in [0.15, 0.2) is 0 Å². The van der Waals surface area contributed by atoms with Crippen molar-refractivity contribution < 1.29 is 4.74 Å². The summed E-state index contributed by atoms with van der Waals surface area (Å²) in [6.07, 6.45) is 5.82. The SMILES string of the molecule is CC(C)Oc1ccc(C2=CC(Cl)CCC2)cc1.